The summed E-state index contributed by atoms with van der Waals surface area (Å²) in [7, 11) is 0. The molecule has 0 unspecified atom stereocenters. The second-order valence-electron chi connectivity index (χ2n) is 3.27. The van der Waals surface area contributed by atoms with Gasteiger partial charge in [-0.05, 0) is 25.7 Å². The first-order chi connectivity index (χ1) is 5.84. The average Bonchev–Trinajstić information content (AvgIpc) is 2.46. The van der Waals surface area contributed by atoms with Crippen LogP contribution in [0.25, 0.3) is 0 Å². The highest BCUT2D eigenvalue weighted by Gasteiger charge is 2.22. The Morgan fingerprint density at radius 1 is 1.50 bits per heavy atom. The van der Waals surface area contributed by atoms with Gasteiger partial charge in [0.1, 0.15) is 5.78 Å². The summed E-state index contributed by atoms with van der Waals surface area (Å²) in [5.41, 5.74) is 0. The van der Waals surface area contributed by atoms with E-state index in [1.807, 2.05) is 12.2 Å². The molecule has 0 aromatic rings. The molecule has 0 amide bonds. The Morgan fingerprint density at radius 3 is 2.92 bits per heavy atom. The summed E-state index contributed by atoms with van der Waals surface area (Å²) in [4.78, 5) is 11.2. The number of carbonyl (C=O) groups is 1. The first kappa shape index (κ1) is 9.46. The predicted molar refractivity (Wildman–Crippen MR) is 47.8 cm³/mol. The summed E-state index contributed by atoms with van der Waals surface area (Å²) in [6, 6.07) is 0. The van der Waals surface area contributed by atoms with Crippen molar-refractivity contribution >= 4 is 5.78 Å². The number of allylic oxidation sites excluding steroid dienone is 1. The quantitative estimate of drug-likeness (QED) is 0.648. The predicted octanol–water partition coefficient (Wildman–Crippen LogP) is 1.68. The van der Waals surface area contributed by atoms with Crippen LogP contribution in [0.2, 0.25) is 0 Å². The van der Waals surface area contributed by atoms with Crippen LogP contribution in [0, 0.1) is 5.92 Å². The number of rotatable bonds is 4. The van der Waals surface area contributed by atoms with Crippen molar-refractivity contribution in [1.29, 1.82) is 0 Å². The number of carbonyl (C=O) groups excluding carboxylic acids is 1. The molecule has 68 valence electrons. The summed E-state index contributed by atoms with van der Waals surface area (Å²) >= 11 is 0. The lowest BCUT2D eigenvalue weighted by Gasteiger charge is -2.01. The minimum atomic E-state index is 0.203. The second-order valence-corrected chi connectivity index (χ2v) is 3.27. The van der Waals surface area contributed by atoms with Gasteiger partial charge in [0.2, 0.25) is 0 Å². The maximum atomic E-state index is 11.2. The zero-order valence-electron chi connectivity index (χ0n) is 7.33. The van der Waals surface area contributed by atoms with Gasteiger partial charge in [0, 0.05) is 18.9 Å². The van der Waals surface area contributed by atoms with Crippen molar-refractivity contribution in [3.8, 4) is 0 Å². The maximum Gasteiger partial charge on any atom is 0.136 e. The Morgan fingerprint density at radius 2 is 2.33 bits per heavy atom. The van der Waals surface area contributed by atoms with Crippen molar-refractivity contribution in [2.24, 2.45) is 5.92 Å². The Balaban J connectivity index is 2.18. The van der Waals surface area contributed by atoms with Crippen LogP contribution in [0.3, 0.4) is 0 Å². The van der Waals surface area contributed by atoms with Crippen LogP contribution in [0.4, 0.5) is 0 Å². The molecule has 0 aliphatic heterocycles. The third kappa shape index (κ3) is 2.78. The molecule has 2 nitrogen and oxygen atoms in total. The number of Topliss-reactive ketones (excluding diaryl/α,β-unsaturated/α-hetero) is 1. The van der Waals surface area contributed by atoms with E-state index in [0.717, 1.165) is 25.7 Å². The highest BCUT2D eigenvalue weighted by Crippen LogP contribution is 2.24. The number of aliphatic hydroxyl groups is 1. The van der Waals surface area contributed by atoms with E-state index in [1.165, 1.54) is 0 Å². The topological polar surface area (TPSA) is 37.3 Å². The molecular formula is C10H16O2. The number of aliphatic hydroxyl groups excluding tert-OH is 1. The molecule has 0 saturated heterocycles. The molecule has 1 rings (SSSR count). The van der Waals surface area contributed by atoms with Crippen molar-refractivity contribution in [2.75, 3.05) is 6.61 Å². The van der Waals surface area contributed by atoms with Gasteiger partial charge < -0.3 is 5.11 Å². The SMILES string of the molecule is O=C1CCC[C@H]1C/C=C\CCO. The summed E-state index contributed by atoms with van der Waals surface area (Å²) in [6.07, 6.45) is 8.45. The molecule has 1 fully saturated rings. The van der Waals surface area contributed by atoms with Crippen LogP contribution in [0.15, 0.2) is 12.2 Å². The summed E-state index contributed by atoms with van der Waals surface area (Å²) in [5.74, 6) is 0.698. The fourth-order valence-corrected chi connectivity index (χ4v) is 1.59. The lowest BCUT2D eigenvalue weighted by atomic mass is 10.0. The molecule has 0 aromatic heterocycles. The Labute approximate surface area is 73.3 Å². The minimum Gasteiger partial charge on any atom is -0.396 e. The summed E-state index contributed by atoms with van der Waals surface area (Å²) in [6.45, 7) is 0.203. The van der Waals surface area contributed by atoms with E-state index in [-0.39, 0.29) is 12.5 Å². The summed E-state index contributed by atoms with van der Waals surface area (Å²) in [5, 5.41) is 8.49. The lowest BCUT2D eigenvalue weighted by Crippen LogP contribution is -2.04. The van der Waals surface area contributed by atoms with Crippen LogP contribution >= 0.6 is 0 Å². The van der Waals surface area contributed by atoms with E-state index in [0.29, 0.717) is 12.2 Å². The van der Waals surface area contributed by atoms with Gasteiger partial charge in [-0.3, -0.25) is 4.79 Å². The van der Waals surface area contributed by atoms with Gasteiger partial charge in [-0.25, -0.2) is 0 Å². The molecular weight excluding hydrogens is 152 g/mol. The molecule has 0 aromatic carbocycles. The fourth-order valence-electron chi connectivity index (χ4n) is 1.59. The van der Waals surface area contributed by atoms with Gasteiger partial charge in [-0.2, -0.15) is 0 Å². The Hall–Kier alpha value is -0.630. The van der Waals surface area contributed by atoms with Crippen molar-refractivity contribution < 1.29 is 9.90 Å². The van der Waals surface area contributed by atoms with E-state index in [2.05, 4.69) is 0 Å². The van der Waals surface area contributed by atoms with E-state index in [4.69, 9.17) is 5.11 Å². The summed E-state index contributed by atoms with van der Waals surface area (Å²) < 4.78 is 0. The molecule has 0 spiro atoms. The highest BCUT2D eigenvalue weighted by molar-refractivity contribution is 5.82. The Kier molecular flexibility index (Phi) is 4.01. The van der Waals surface area contributed by atoms with E-state index >= 15 is 0 Å². The van der Waals surface area contributed by atoms with Gasteiger partial charge in [0.05, 0.1) is 0 Å². The van der Waals surface area contributed by atoms with Gasteiger partial charge in [-0.1, -0.05) is 12.2 Å². The third-order valence-electron chi connectivity index (χ3n) is 2.31. The highest BCUT2D eigenvalue weighted by atomic mass is 16.2. The largest absolute Gasteiger partial charge is 0.396 e. The fraction of sp³-hybridized carbons (Fsp3) is 0.700. The number of ketones is 1. The van der Waals surface area contributed by atoms with Crippen LogP contribution in [0.1, 0.15) is 32.1 Å². The zero-order chi connectivity index (χ0) is 8.81. The van der Waals surface area contributed by atoms with E-state index < -0.39 is 0 Å². The zero-order valence-corrected chi connectivity index (χ0v) is 7.33. The maximum absolute atomic E-state index is 11.2. The standard InChI is InChI=1S/C10H16O2/c11-8-3-1-2-5-9-6-4-7-10(9)12/h1-2,9,11H,3-8H2/b2-1-/t9-/m1/s1. The molecule has 1 atom stereocenters. The van der Waals surface area contributed by atoms with Crippen molar-refractivity contribution in [2.45, 2.75) is 32.1 Å². The molecule has 1 aliphatic carbocycles. The van der Waals surface area contributed by atoms with Gasteiger partial charge in [-0.15, -0.1) is 0 Å². The molecule has 0 bridgehead atoms. The van der Waals surface area contributed by atoms with Crippen LogP contribution in [0.5, 0.6) is 0 Å². The first-order valence-corrected chi connectivity index (χ1v) is 4.63. The molecule has 2 heteroatoms. The van der Waals surface area contributed by atoms with Gasteiger partial charge in [0.25, 0.3) is 0 Å². The van der Waals surface area contributed by atoms with E-state index in [1.54, 1.807) is 0 Å². The second kappa shape index (κ2) is 5.09. The molecule has 0 heterocycles. The molecule has 1 aliphatic rings. The monoisotopic (exact) mass is 168 g/mol. The lowest BCUT2D eigenvalue weighted by molar-refractivity contribution is -0.120. The number of hydrogen-bond donors (Lipinski definition) is 1. The normalized spacial score (nSPS) is 24.1. The molecule has 12 heavy (non-hydrogen) atoms. The Bertz CT molecular complexity index is 173. The third-order valence-corrected chi connectivity index (χ3v) is 2.31. The van der Waals surface area contributed by atoms with Gasteiger partial charge >= 0.3 is 0 Å². The average molecular weight is 168 g/mol. The van der Waals surface area contributed by atoms with Crippen molar-refractivity contribution in [1.82, 2.24) is 0 Å². The molecule has 0 radical (unpaired) electrons. The van der Waals surface area contributed by atoms with Crippen molar-refractivity contribution in [3.63, 3.8) is 0 Å². The number of hydrogen-bond acceptors (Lipinski definition) is 2. The first-order valence-electron chi connectivity index (χ1n) is 4.63. The van der Waals surface area contributed by atoms with E-state index in [9.17, 15) is 4.79 Å². The van der Waals surface area contributed by atoms with Crippen LogP contribution in [-0.4, -0.2) is 17.5 Å². The molecule has 1 saturated carbocycles. The van der Waals surface area contributed by atoms with Crippen molar-refractivity contribution in [3.05, 3.63) is 12.2 Å². The smallest absolute Gasteiger partial charge is 0.136 e. The van der Waals surface area contributed by atoms with Crippen LogP contribution < -0.4 is 0 Å². The van der Waals surface area contributed by atoms with Gasteiger partial charge in [0.15, 0.2) is 0 Å². The minimum absolute atomic E-state index is 0.203. The van der Waals surface area contributed by atoms with Crippen LogP contribution in [-0.2, 0) is 4.79 Å². The molecule has 1 N–H and O–H groups in total.